The van der Waals surface area contributed by atoms with Crippen LogP contribution in [0.15, 0.2) is 18.2 Å². The Labute approximate surface area is 134 Å². The second kappa shape index (κ2) is 6.55. The van der Waals surface area contributed by atoms with Gasteiger partial charge in [-0.25, -0.2) is 13.6 Å². The summed E-state index contributed by atoms with van der Waals surface area (Å²) in [6.45, 7) is 0.779. The van der Waals surface area contributed by atoms with Crippen LogP contribution < -0.4 is 5.32 Å². The number of carbonyl (C=O) groups is 1. The van der Waals surface area contributed by atoms with Crippen LogP contribution in [0.25, 0.3) is 0 Å². The van der Waals surface area contributed by atoms with Crippen molar-refractivity contribution in [2.45, 2.75) is 18.9 Å². The molecule has 0 saturated carbocycles. The number of aromatic nitrogens is 2. The Morgan fingerprint density at radius 2 is 2.09 bits per heavy atom. The van der Waals surface area contributed by atoms with E-state index < -0.39 is 17.7 Å². The van der Waals surface area contributed by atoms with E-state index in [0.29, 0.717) is 35.2 Å². The Morgan fingerprint density at radius 1 is 1.35 bits per heavy atom. The average Bonchev–Trinajstić information content (AvgIpc) is 3.07. The number of hydrogen-bond donors (Lipinski definition) is 2. The first-order valence-corrected chi connectivity index (χ1v) is 7.82. The third kappa shape index (κ3) is 3.99. The highest BCUT2D eigenvalue weighted by Gasteiger charge is 2.25. The molecule has 2 N–H and O–H groups in total. The molecule has 2 heterocycles. The van der Waals surface area contributed by atoms with Crippen LogP contribution in [0, 0.1) is 11.6 Å². The van der Waals surface area contributed by atoms with Gasteiger partial charge in [-0.15, -0.1) is 10.2 Å². The Morgan fingerprint density at radius 3 is 2.74 bits per heavy atom. The maximum atomic E-state index is 13.2. The monoisotopic (exact) mass is 340 g/mol. The van der Waals surface area contributed by atoms with Gasteiger partial charge in [0.2, 0.25) is 5.13 Å². The number of urea groups is 1. The van der Waals surface area contributed by atoms with Gasteiger partial charge in [-0.1, -0.05) is 11.3 Å². The summed E-state index contributed by atoms with van der Waals surface area (Å²) in [7, 11) is 0. The molecular weight excluding hydrogens is 326 g/mol. The Hall–Kier alpha value is -2.13. The number of nitrogens with one attached hydrogen (secondary N) is 1. The van der Waals surface area contributed by atoms with E-state index in [0.717, 1.165) is 17.4 Å². The molecule has 0 spiro atoms. The minimum absolute atomic E-state index is 0.227. The number of benzene rings is 1. The van der Waals surface area contributed by atoms with Gasteiger partial charge in [0.25, 0.3) is 0 Å². The van der Waals surface area contributed by atoms with Gasteiger partial charge >= 0.3 is 6.03 Å². The molecule has 1 aliphatic rings. The highest BCUT2D eigenvalue weighted by atomic mass is 32.1. The number of aliphatic hydroxyl groups excluding tert-OH is 1. The van der Waals surface area contributed by atoms with Gasteiger partial charge in [-0.3, -0.25) is 5.32 Å². The van der Waals surface area contributed by atoms with E-state index in [1.807, 2.05) is 0 Å². The number of likely N-dealkylation sites (tertiary alicyclic amines) is 1. The van der Waals surface area contributed by atoms with Crippen LogP contribution in [0.4, 0.5) is 18.7 Å². The molecule has 1 aromatic carbocycles. The van der Waals surface area contributed by atoms with Crippen molar-refractivity contribution in [2.75, 3.05) is 18.4 Å². The van der Waals surface area contributed by atoms with Crippen molar-refractivity contribution in [3.05, 3.63) is 40.4 Å². The minimum Gasteiger partial charge on any atom is -0.391 e. The predicted octanol–water partition coefficient (Wildman–Crippen LogP) is 2.01. The Kier molecular flexibility index (Phi) is 4.49. The molecule has 0 radical (unpaired) electrons. The molecule has 122 valence electrons. The zero-order valence-corrected chi connectivity index (χ0v) is 12.8. The number of anilines is 1. The third-order valence-electron chi connectivity index (χ3n) is 3.41. The van der Waals surface area contributed by atoms with Crippen LogP contribution in [0.2, 0.25) is 0 Å². The third-order valence-corrected chi connectivity index (χ3v) is 4.25. The fraction of sp³-hybridized carbons (Fsp3) is 0.357. The van der Waals surface area contributed by atoms with Crippen molar-refractivity contribution >= 4 is 22.5 Å². The van der Waals surface area contributed by atoms with E-state index in [2.05, 4.69) is 15.5 Å². The summed E-state index contributed by atoms with van der Waals surface area (Å²) in [4.78, 5) is 13.5. The van der Waals surface area contributed by atoms with E-state index in [1.165, 1.54) is 17.0 Å². The lowest BCUT2D eigenvalue weighted by Gasteiger charge is -2.14. The lowest BCUT2D eigenvalue weighted by atomic mass is 10.1. The first-order valence-electron chi connectivity index (χ1n) is 7.01. The zero-order chi connectivity index (χ0) is 16.4. The molecule has 0 aliphatic carbocycles. The fourth-order valence-corrected chi connectivity index (χ4v) is 3.12. The zero-order valence-electron chi connectivity index (χ0n) is 12.0. The van der Waals surface area contributed by atoms with Crippen LogP contribution in [-0.2, 0) is 6.42 Å². The summed E-state index contributed by atoms with van der Waals surface area (Å²) in [5, 5.41) is 20.6. The normalized spacial score (nSPS) is 17.5. The highest BCUT2D eigenvalue weighted by Crippen LogP contribution is 2.20. The molecule has 1 aliphatic heterocycles. The number of β-amino-alcohol motifs (C(OH)–C–C–N with tert-alkyl or cyclic N) is 1. The lowest BCUT2D eigenvalue weighted by Crippen LogP contribution is -2.33. The smallest absolute Gasteiger partial charge is 0.323 e. The lowest BCUT2D eigenvalue weighted by molar-refractivity contribution is 0.176. The SMILES string of the molecule is O=C(Nc1nnc(Cc2cc(F)cc(F)c2)s1)N1CC[C@H](O)C1. The van der Waals surface area contributed by atoms with Crippen molar-refractivity contribution in [1.29, 1.82) is 0 Å². The molecule has 9 heteroatoms. The molecule has 1 aromatic heterocycles. The van der Waals surface area contributed by atoms with Crippen LogP contribution in [0.3, 0.4) is 0 Å². The molecule has 0 unspecified atom stereocenters. The number of aliphatic hydroxyl groups is 1. The highest BCUT2D eigenvalue weighted by molar-refractivity contribution is 7.15. The van der Waals surface area contributed by atoms with Gasteiger partial charge < -0.3 is 10.0 Å². The van der Waals surface area contributed by atoms with Crippen LogP contribution in [0.1, 0.15) is 17.0 Å². The van der Waals surface area contributed by atoms with Gasteiger partial charge in [-0.2, -0.15) is 0 Å². The van der Waals surface area contributed by atoms with Crippen molar-refractivity contribution in [1.82, 2.24) is 15.1 Å². The summed E-state index contributed by atoms with van der Waals surface area (Å²) in [6.07, 6.45) is 0.290. The van der Waals surface area contributed by atoms with E-state index >= 15 is 0 Å². The topological polar surface area (TPSA) is 78.4 Å². The Bertz CT molecular complexity index is 704. The number of rotatable bonds is 3. The molecule has 3 rings (SSSR count). The van der Waals surface area contributed by atoms with E-state index in [4.69, 9.17) is 0 Å². The van der Waals surface area contributed by atoms with Crippen LogP contribution >= 0.6 is 11.3 Å². The summed E-state index contributed by atoms with van der Waals surface area (Å²) in [5.41, 5.74) is 0.444. The first-order chi connectivity index (χ1) is 11.0. The van der Waals surface area contributed by atoms with E-state index in [9.17, 15) is 18.7 Å². The standard InChI is InChI=1S/C14H14F2N4O2S/c15-9-3-8(4-10(16)6-9)5-12-18-19-13(23-12)17-14(22)20-2-1-11(21)7-20/h3-4,6,11,21H,1-2,5,7H2,(H,17,19,22)/t11-/m0/s1. The fourth-order valence-electron chi connectivity index (χ4n) is 2.36. The number of nitrogens with zero attached hydrogens (tertiary/aromatic N) is 3. The van der Waals surface area contributed by atoms with Crippen molar-refractivity contribution < 1.29 is 18.7 Å². The van der Waals surface area contributed by atoms with Crippen molar-refractivity contribution in [3.63, 3.8) is 0 Å². The van der Waals surface area contributed by atoms with Gasteiger partial charge in [0.15, 0.2) is 0 Å². The number of carbonyl (C=O) groups excluding carboxylic acids is 1. The molecular formula is C14H14F2N4O2S. The largest absolute Gasteiger partial charge is 0.391 e. The molecule has 2 amide bonds. The summed E-state index contributed by atoms with van der Waals surface area (Å²) < 4.78 is 26.3. The van der Waals surface area contributed by atoms with Crippen LogP contribution in [-0.4, -0.2) is 45.4 Å². The Balaban J connectivity index is 1.62. The summed E-state index contributed by atoms with van der Waals surface area (Å²) in [5.74, 6) is -1.30. The second-order valence-electron chi connectivity index (χ2n) is 5.27. The van der Waals surface area contributed by atoms with Gasteiger partial charge in [0.1, 0.15) is 16.6 Å². The molecule has 1 saturated heterocycles. The maximum absolute atomic E-state index is 13.2. The molecule has 0 bridgehead atoms. The first kappa shape index (κ1) is 15.8. The number of hydrogen-bond acceptors (Lipinski definition) is 5. The van der Waals surface area contributed by atoms with E-state index in [1.54, 1.807) is 0 Å². The minimum atomic E-state index is -0.648. The molecule has 6 nitrogen and oxygen atoms in total. The van der Waals surface area contributed by atoms with Gasteiger partial charge in [0.05, 0.1) is 6.10 Å². The predicted molar refractivity (Wildman–Crippen MR) is 80.3 cm³/mol. The average molecular weight is 340 g/mol. The van der Waals surface area contributed by atoms with Crippen molar-refractivity contribution in [3.8, 4) is 0 Å². The molecule has 23 heavy (non-hydrogen) atoms. The molecule has 1 atom stereocenters. The van der Waals surface area contributed by atoms with E-state index in [-0.39, 0.29) is 12.5 Å². The van der Waals surface area contributed by atoms with Gasteiger partial charge in [-0.05, 0) is 24.1 Å². The molecule has 1 fully saturated rings. The van der Waals surface area contributed by atoms with Crippen LogP contribution in [0.5, 0.6) is 0 Å². The quantitative estimate of drug-likeness (QED) is 0.896. The number of amides is 2. The summed E-state index contributed by atoms with van der Waals surface area (Å²) >= 11 is 1.14. The van der Waals surface area contributed by atoms with Crippen molar-refractivity contribution in [2.24, 2.45) is 0 Å². The second-order valence-corrected chi connectivity index (χ2v) is 6.34. The molecule has 2 aromatic rings. The summed E-state index contributed by atoms with van der Waals surface area (Å²) in [6, 6.07) is 2.92. The maximum Gasteiger partial charge on any atom is 0.323 e. The number of halogens is 2. The van der Waals surface area contributed by atoms with Gasteiger partial charge in [0, 0.05) is 25.6 Å².